The van der Waals surface area contributed by atoms with Crippen LogP contribution in [0.3, 0.4) is 0 Å². The standard InChI is InChI=1S/C4H3IS.CHF3O3S/c5-4-1-2-6-3-4;2-1(3,4)8(5,6)7/h1-3H;(H,5,6,7). The maximum absolute atomic E-state index is 10.7. The Balaban J connectivity index is 0.000000249. The topological polar surface area (TPSA) is 54.4 Å². The van der Waals surface area contributed by atoms with Crippen LogP contribution in [-0.4, -0.2) is 18.5 Å². The minimum absolute atomic E-state index is 1.33. The van der Waals surface area contributed by atoms with Crippen molar-refractivity contribution in [2.24, 2.45) is 0 Å². The molecule has 0 saturated carbocycles. The number of thiophene rings is 1. The molecule has 0 aliphatic carbocycles. The van der Waals surface area contributed by atoms with Crippen molar-refractivity contribution < 1.29 is 26.1 Å². The Morgan fingerprint density at radius 2 is 1.86 bits per heavy atom. The second-order valence-corrected chi connectivity index (χ2v) is 5.30. The molecule has 82 valence electrons. The Kier molecular flexibility index (Phi) is 5.33. The Morgan fingerprint density at radius 1 is 1.43 bits per heavy atom. The van der Waals surface area contributed by atoms with Crippen LogP contribution in [0.1, 0.15) is 0 Å². The van der Waals surface area contributed by atoms with E-state index in [0.717, 1.165) is 0 Å². The summed E-state index contributed by atoms with van der Waals surface area (Å²) in [6.07, 6.45) is 0. The van der Waals surface area contributed by atoms with Crippen LogP contribution in [0.4, 0.5) is 13.2 Å². The van der Waals surface area contributed by atoms with Gasteiger partial charge in [-0.15, -0.1) is 0 Å². The predicted octanol–water partition coefficient (Wildman–Crippen LogP) is 2.75. The lowest BCUT2D eigenvalue weighted by molar-refractivity contribution is -0.0510. The van der Waals surface area contributed by atoms with Crippen LogP contribution in [0.25, 0.3) is 0 Å². The van der Waals surface area contributed by atoms with Gasteiger partial charge in [0.2, 0.25) is 0 Å². The van der Waals surface area contributed by atoms with Crippen LogP contribution >= 0.6 is 33.9 Å². The first-order valence-electron chi connectivity index (χ1n) is 2.86. The smallest absolute Gasteiger partial charge is 0.279 e. The van der Waals surface area contributed by atoms with E-state index in [0.29, 0.717) is 0 Å². The van der Waals surface area contributed by atoms with E-state index in [-0.39, 0.29) is 0 Å². The van der Waals surface area contributed by atoms with E-state index in [4.69, 9.17) is 13.0 Å². The van der Waals surface area contributed by atoms with Gasteiger partial charge in [0.1, 0.15) is 0 Å². The molecule has 0 amide bonds. The van der Waals surface area contributed by atoms with E-state index in [1.165, 1.54) is 3.57 Å². The first-order chi connectivity index (χ1) is 6.14. The van der Waals surface area contributed by atoms with Gasteiger partial charge in [0.25, 0.3) is 0 Å². The molecule has 1 aromatic rings. The molecule has 14 heavy (non-hydrogen) atoms. The Morgan fingerprint density at radius 3 is 1.93 bits per heavy atom. The highest BCUT2D eigenvalue weighted by atomic mass is 127. The third-order valence-corrected chi connectivity index (χ3v) is 3.14. The monoisotopic (exact) mass is 360 g/mol. The largest absolute Gasteiger partial charge is 0.522 e. The first-order valence-corrected chi connectivity index (χ1v) is 6.32. The van der Waals surface area contributed by atoms with Crippen molar-refractivity contribution in [3.63, 3.8) is 0 Å². The normalized spacial score (nSPS) is 11.8. The fourth-order valence-electron chi connectivity index (χ4n) is 0.248. The minimum atomic E-state index is -5.84. The summed E-state index contributed by atoms with van der Waals surface area (Å²) in [7, 11) is -5.84. The summed E-state index contributed by atoms with van der Waals surface area (Å²) in [6.45, 7) is 0. The van der Waals surface area contributed by atoms with Crippen molar-refractivity contribution >= 4 is 44.0 Å². The molecule has 0 aliphatic heterocycles. The first kappa shape index (κ1) is 14.1. The molecule has 0 fully saturated rings. The highest BCUT2D eigenvalue weighted by Crippen LogP contribution is 2.20. The summed E-state index contributed by atoms with van der Waals surface area (Å²) in [5.74, 6) is 0. The van der Waals surface area contributed by atoms with Crippen molar-refractivity contribution in [3.8, 4) is 0 Å². The van der Waals surface area contributed by atoms with Crippen molar-refractivity contribution in [1.82, 2.24) is 0 Å². The van der Waals surface area contributed by atoms with Gasteiger partial charge in [-0.2, -0.15) is 32.9 Å². The molecule has 0 atom stereocenters. The van der Waals surface area contributed by atoms with Crippen molar-refractivity contribution in [2.45, 2.75) is 5.51 Å². The quantitative estimate of drug-likeness (QED) is 0.440. The summed E-state index contributed by atoms with van der Waals surface area (Å²) in [5.41, 5.74) is -5.53. The van der Waals surface area contributed by atoms with Crippen LogP contribution in [-0.2, 0) is 10.1 Å². The fourth-order valence-corrected chi connectivity index (χ4v) is 1.62. The minimum Gasteiger partial charge on any atom is -0.279 e. The van der Waals surface area contributed by atoms with E-state index >= 15 is 0 Å². The average Bonchev–Trinajstić information content (AvgIpc) is 2.35. The lowest BCUT2D eigenvalue weighted by atomic mass is 10.7. The molecule has 0 aromatic carbocycles. The fraction of sp³-hybridized carbons (Fsp3) is 0.200. The van der Waals surface area contributed by atoms with Gasteiger partial charge >= 0.3 is 15.6 Å². The lowest BCUT2D eigenvalue weighted by Crippen LogP contribution is -2.21. The number of hydrogen-bond acceptors (Lipinski definition) is 3. The molecule has 0 saturated heterocycles. The van der Waals surface area contributed by atoms with Crippen LogP contribution < -0.4 is 0 Å². The average molecular weight is 360 g/mol. The van der Waals surface area contributed by atoms with Gasteiger partial charge in [-0.1, -0.05) is 0 Å². The predicted molar refractivity (Wildman–Crippen MR) is 54.6 cm³/mol. The van der Waals surface area contributed by atoms with E-state index in [1.807, 2.05) is 0 Å². The third kappa shape index (κ3) is 5.78. The molecule has 0 spiro atoms. The molecule has 0 bridgehead atoms. The van der Waals surface area contributed by atoms with Crippen molar-refractivity contribution in [1.29, 1.82) is 0 Å². The molecule has 9 heteroatoms. The molecule has 0 unspecified atom stereocenters. The molecule has 0 aliphatic rings. The van der Waals surface area contributed by atoms with Gasteiger partial charge < -0.3 is 0 Å². The number of hydrogen-bond donors (Lipinski definition) is 1. The molecule has 0 radical (unpaired) electrons. The Labute approximate surface area is 95.8 Å². The Hall–Kier alpha value is 0.130. The van der Waals surface area contributed by atoms with Crippen LogP contribution in [0.2, 0.25) is 0 Å². The SMILES string of the molecule is Ic1ccsc1.O=S(=O)(O)C(F)(F)F. The zero-order chi connectivity index (χ0) is 11.4. The van der Waals surface area contributed by atoms with Crippen molar-refractivity contribution in [2.75, 3.05) is 0 Å². The lowest BCUT2D eigenvalue weighted by Gasteiger charge is -1.97. The van der Waals surface area contributed by atoms with Gasteiger partial charge in [0.15, 0.2) is 0 Å². The van der Waals surface area contributed by atoms with E-state index in [9.17, 15) is 13.2 Å². The van der Waals surface area contributed by atoms with Crippen LogP contribution in [0.5, 0.6) is 0 Å². The highest BCUT2D eigenvalue weighted by Gasteiger charge is 2.44. The van der Waals surface area contributed by atoms with Gasteiger partial charge in [-0.3, -0.25) is 4.55 Å². The molecule has 1 N–H and O–H groups in total. The molecule has 1 heterocycles. The summed E-state index contributed by atoms with van der Waals surface area (Å²) in [4.78, 5) is 0. The number of halogens is 4. The number of rotatable bonds is 0. The van der Waals surface area contributed by atoms with E-state index in [2.05, 4.69) is 39.4 Å². The second kappa shape index (κ2) is 5.28. The van der Waals surface area contributed by atoms with Gasteiger partial charge in [-0.25, -0.2) is 0 Å². The summed E-state index contributed by atoms with van der Waals surface area (Å²) < 4.78 is 58.9. The second-order valence-electron chi connectivity index (χ2n) is 1.86. The Bertz CT molecular complexity index is 356. The highest BCUT2D eigenvalue weighted by molar-refractivity contribution is 14.1. The maximum atomic E-state index is 10.7. The van der Waals surface area contributed by atoms with Gasteiger partial charge in [0.05, 0.1) is 0 Å². The zero-order valence-corrected chi connectivity index (χ0v) is 10.1. The molecular formula is C5H4F3IO3S2. The summed E-state index contributed by atoms with van der Waals surface area (Å²) in [5, 5.41) is 4.18. The van der Waals surface area contributed by atoms with Crippen LogP contribution in [0, 0.1) is 3.57 Å². The molecule has 1 aromatic heterocycles. The molecule has 3 nitrogen and oxygen atoms in total. The molecular weight excluding hydrogens is 356 g/mol. The van der Waals surface area contributed by atoms with Crippen LogP contribution in [0.15, 0.2) is 16.8 Å². The third-order valence-electron chi connectivity index (χ3n) is 0.779. The molecule has 1 rings (SSSR count). The van der Waals surface area contributed by atoms with E-state index < -0.39 is 15.6 Å². The van der Waals surface area contributed by atoms with Gasteiger partial charge in [0, 0.05) is 8.95 Å². The zero-order valence-electron chi connectivity index (χ0n) is 6.32. The summed E-state index contributed by atoms with van der Waals surface area (Å²) >= 11 is 4.02. The summed E-state index contributed by atoms with van der Waals surface area (Å²) in [6, 6.07) is 2.09. The maximum Gasteiger partial charge on any atom is 0.522 e. The van der Waals surface area contributed by atoms with Crippen molar-refractivity contribution in [3.05, 3.63) is 20.4 Å². The van der Waals surface area contributed by atoms with E-state index in [1.54, 1.807) is 11.3 Å². The number of alkyl halides is 3. The van der Waals surface area contributed by atoms with Gasteiger partial charge in [-0.05, 0) is 34.0 Å².